The molecule has 0 saturated carbocycles. The predicted molar refractivity (Wildman–Crippen MR) is 75.8 cm³/mol. The molecule has 2 heteroatoms. The maximum Gasteiger partial charge on any atom is 0.0506 e. The van der Waals surface area contributed by atoms with Crippen molar-refractivity contribution in [2.45, 2.75) is 39.2 Å². The minimum atomic E-state index is 0.479. The van der Waals surface area contributed by atoms with Crippen LogP contribution < -0.4 is 5.32 Å². The summed E-state index contributed by atoms with van der Waals surface area (Å²) in [5.41, 5.74) is 2.73. The Bertz CT molecular complexity index is 341. The lowest BCUT2D eigenvalue weighted by atomic mass is 9.99. The van der Waals surface area contributed by atoms with Crippen molar-refractivity contribution in [3.63, 3.8) is 0 Å². The molecule has 18 heavy (non-hydrogen) atoms. The summed E-state index contributed by atoms with van der Waals surface area (Å²) in [5.74, 6) is 0.693. The van der Waals surface area contributed by atoms with Crippen LogP contribution >= 0.6 is 0 Å². The van der Waals surface area contributed by atoms with Crippen molar-refractivity contribution in [2.75, 3.05) is 19.8 Å². The molecule has 0 spiro atoms. The van der Waals surface area contributed by atoms with Gasteiger partial charge in [-0.1, -0.05) is 36.8 Å². The Hall–Kier alpha value is -0.860. The Morgan fingerprint density at radius 3 is 2.72 bits per heavy atom. The first-order chi connectivity index (χ1) is 8.79. The molecule has 1 aromatic rings. The molecule has 0 bridgehead atoms. The lowest BCUT2D eigenvalue weighted by Gasteiger charge is -2.25. The Kier molecular flexibility index (Phi) is 5.21. The lowest BCUT2D eigenvalue weighted by molar-refractivity contribution is 0.0537. The zero-order valence-corrected chi connectivity index (χ0v) is 11.6. The van der Waals surface area contributed by atoms with Crippen molar-refractivity contribution >= 4 is 0 Å². The molecule has 0 radical (unpaired) electrons. The van der Waals surface area contributed by atoms with Gasteiger partial charge in [0.2, 0.25) is 0 Å². The van der Waals surface area contributed by atoms with E-state index in [9.17, 15) is 0 Å². The molecule has 1 aromatic carbocycles. The van der Waals surface area contributed by atoms with Crippen LogP contribution in [0.1, 0.15) is 43.4 Å². The predicted octanol–water partition coefficient (Wildman–Crippen LogP) is 3.46. The molecule has 1 aliphatic rings. The molecule has 2 unspecified atom stereocenters. The van der Waals surface area contributed by atoms with Crippen LogP contribution in [-0.4, -0.2) is 19.8 Å². The van der Waals surface area contributed by atoms with E-state index in [-0.39, 0.29) is 0 Å². The minimum absolute atomic E-state index is 0.479. The largest absolute Gasteiger partial charge is 0.381 e. The molecule has 100 valence electrons. The number of hydrogen-bond donors (Lipinski definition) is 1. The Labute approximate surface area is 111 Å². The molecule has 2 rings (SSSR count). The van der Waals surface area contributed by atoms with E-state index < -0.39 is 0 Å². The van der Waals surface area contributed by atoms with E-state index in [0.29, 0.717) is 12.0 Å². The first-order valence-corrected chi connectivity index (χ1v) is 7.17. The van der Waals surface area contributed by atoms with Gasteiger partial charge >= 0.3 is 0 Å². The quantitative estimate of drug-likeness (QED) is 0.860. The third-order valence-corrected chi connectivity index (χ3v) is 3.80. The summed E-state index contributed by atoms with van der Waals surface area (Å²) < 4.78 is 5.53. The average Bonchev–Trinajstić information content (AvgIpc) is 2.42. The van der Waals surface area contributed by atoms with Gasteiger partial charge in [0.25, 0.3) is 0 Å². The molecule has 1 N–H and O–H groups in total. The van der Waals surface area contributed by atoms with E-state index in [1.807, 2.05) is 0 Å². The summed E-state index contributed by atoms with van der Waals surface area (Å²) in [6.45, 7) is 7.34. The summed E-state index contributed by atoms with van der Waals surface area (Å²) in [4.78, 5) is 0. The third-order valence-electron chi connectivity index (χ3n) is 3.80. The zero-order chi connectivity index (χ0) is 12.8. The highest BCUT2D eigenvalue weighted by Crippen LogP contribution is 2.19. The van der Waals surface area contributed by atoms with Crippen LogP contribution in [0.5, 0.6) is 0 Å². The van der Waals surface area contributed by atoms with Crippen LogP contribution in [-0.2, 0) is 4.74 Å². The van der Waals surface area contributed by atoms with E-state index in [4.69, 9.17) is 4.74 Å². The number of aryl methyl sites for hydroxylation is 1. The molecule has 2 nitrogen and oxygen atoms in total. The topological polar surface area (TPSA) is 21.3 Å². The summed E-state index contributed by atoms with van der Waals surface area (Å²) >= 11 is 0. The van der Waals surface area contributed by atoms with E-state index in [1.54, 1.807) is 0 Å². The highest BCUT2D eigenvalue weighted by molar-refractivity contribution is 5.24. The van der Waals surface area contributed by atoms with Crippen molar-refractivity contribution in [3.05, 3.63) is 35.4 Å². The number of benzene rings is 1. The Morgan fingerprint density at radius 2 is 2.11 bits per heavy atom. The highest BCUT2D eigenvalue weighted by Gasteiger charge is 2.16. The minimum Gasteiger partial charge on any atom is -0.381 e. The first-order valence-electron chi connectivity index (χ1n) is 7.17. The highest BCUT2D eigenvalue weighted by atomic mass is 16.5. The van der Waals surface area contributed by atoms with Crippen molar-refractivity contribution in [1.82, 2.24) is 5.32 Å². The average molecular weight is 247 g/mol. The maximum absolute atomic E-state index is 5.53. The Morgan fingerprint density at radius 1 is 1.33 bits per heavy atom. The lowest BCUT2D eigenvalue weighted by Crippen LogP contribution is -2.31. The molecule has 0 aliphatic carbocycles. The number of nitrogens with one attached hydrogen (secondary N) is 1. The van der Waals surface area contributed by atoms with E-state index in [0.717, 1.165) is 26.2 Å². The van der Waals surface area contributed by atoms with Gasteiger partial charge in [0.1, 0.15) is 0 Å². The smallest absolute Gasteiger partial charge is 0.0506 e. The summed E-state index contributed by atoms with van der Waals surface area (Å²) in [5, 5.41) is 3.69. The fourth-order valence-electron chi connectivity index (χ4n) is 2.57. The molecule has 1 saturated heterocycles. The summed E-state index contributed by atoms with van der Waals surface area (Å²) in [6.07, 6.45) is 3.65. The van der Waals surface area contributed by atoms with E-state index in [2.05, 4.69) is 43.4 Å². The van der Waals surface area contributed by atoms with Gasteiger partial charge in [0.15, 0.2) is 0 Å². The maximum atomic E-state index is 5.53. The monoisotopic (exact) mass is 247 g/mol. The van der Waals surface area contributed by atoms with Crippen molar-refractivity contribution in [3.8, 4) is 0 Å². The van der Waals surface area contributed by atoms with Crippen molar-refractivity contribution < 1.29 is 4.74 Å². The SMILES string of the molecule is CCC(NCC1CCCOC1)c1ccc(C)cc1. The van der Waals surface area contributed by atoms with Gasteiger partial charge in [-0.05, 0) is 37.7 Å². The van der Waals surface area contributed by atoms with E-state index in [1.165, 1.54) is 24.0 Å². The van der Waals surface area contributed by atoms with E-state index >= 15 is 0 Å². The number of ether oxygens (including phenoxy) is 1. The number of hydrogen-bond acceptors (Lipinski definition) is 2. The van der Waals surface area contributed by atoms with Crippen LogP contribution in [0.3, 0.4) is 0 Å². The standard InChI is InChI=1S/C16H25NO/c1-3-16(15-8-6-13(2)7-9-15)17-11-14-5-4-10-18-12-14/h6-9,14,16-17H,3-5,10-12H2,1-2H3. The molecule has 1 heterocycles. The van der Waals surface area contributed by atoms with Gasteiger partial charge in [-0.25, -0.2) is 0 Å². The van der Waals surface area contributed by atoms with Crippen LogP contribution in [0.2, 0.25) is 0 Å². The van der Waals surface area contributed by atoms with Crippen LogP contribution in [0, 0.1) is 12.8 Å². The van der Waals surface area contributed by atoms with Crippen molar-refractivity contribution in [1.29, 1.82) is 0 Å². The molecular formula is C16H25NO. The second kappa shape index (κ2) is 6.91. The molecule has 0 aromatic heterocycles. The second-order valence-electron chi connectivity index (χ2n) is 5.36. The van der Waals surface area contributed by atoms with Gasteiger partial charge in [0.05, 0.1) is 6.61 Å². The number of rotatable bonds is 5. The van der Waals surface area contributed by atoms with Gasteiger partial charge in [-0.2, -0.15) is 0 Å². The summed E-state index contributed by atoms with van der Waals surface area (Å²) in [6, 6.07) is 9.36. The second-order valence-corrected chi connectivity index (χ2v) is 5.36. The Balaban J connectivity index is 1.86. The third kappa shape index (κ3) is 3.82. The normalized spacial score (nSPS) is 21.8. The van der Waals surface area contributed by atoms with Crippen LogP contribution in [0.25, 0.3) is 0 Å². The molecule has 2 atom stereocenters. The zero-order valence-electron chi connectivity index (χ0n) is 11.6. The van der Waals surface area contributed by atoms with Gasteiger partial charge in [-0.3, -0.25) is 0 Å². The molecule has 1 aliphatic heterocycles. The van der Waals surface area contributed by atoms with Gasteiger partial charge in [0, 0.05) is 19.2 Å². The van der Waals surface area contributed by atoms with Gasteiger partial charge in [-0.15, -0.1) is 0 Å². The molecule has 1 fully saturated rings. The summed E-state index contributed by atoms with van der Waals surface area (Å²) in [7, 11) is 0. The molecule has 0 amide bonds. The van der Waals surface area contributed by atoms with Crippen LogP contribution in [0.15, 0.2) is 24.3 Å². The first kappa shape index (κ1) is 13.6. The molecular weight excluding hydrogens is 222 g/mol. The fraction of sp³-hybridized carbons (Fsp3) is 0.625. The van der Waals surface area contributed by atoms with Gasteiger partial charge < -0.3 is 10.1 Å². The van der Waals surface area contributed by atoms with Crippen LogP contribution in [0.4, 0.5) is 0 Å². The fourth-order valence-corrected chi connectivity index (χ4v) is 2.57. The van der Waals surface area contributed by atoms with Crippen molar-refractivity contribution in [2.24, 2.45) is 5.92 Å².